The van der Waals surface area contributed by atoms with Gasteiger partial charge in [0.2, 0.25) is 0 Å². The number of fused-ring (bicyclic) bond motifs is 3. The Balaban J connectivity index is 2.44. The van der Waals surface area contributed by atoms with E-state index in [1.807, 2.05) is 24.5 Å². The first-order valence-electron chi connectivity index (χ1n) is 5.10. The van der Waals surface area contributed by atoms with E-state index >= 15 is 0 Å². The summed E-state index contributed by atoms with van der Waals surface area (Å²) in [5.74, 6) is 0. The molecular weight excluding hydrogens is 186 g/mol. The van der Waals surface area contributed by atoms with Crippen LogP contribution in [0.2, 0.25) is 0 Å². The zero-order chi connectivity index (χ0) is 10.3. The zero-order valence-corrected chi connectivity index (χ0v) is 8.51. The van der Waals surface area contributed by atoms with Crippen molar-refractivity contribution in [2.75, 3.05) is 0 Å². The minimum atomic E-state index is 0.966. The molecule has 0 unspecified atom stereocenters. The summed E-state index contributed by atoms with van der Waals surface area (Å²) in [6, 6.07) is 8.20. The van der Waals surface area contributed by atoms with Crippen molar-refractivity contribution in [1.82, 2.24) is 14.4 Å². The Morgan fingerprint density at radius 3 is 3.00 bits per heavy atom. The maximum Gasteiger partial charge on any atom is 0.137 e. The molecule has 0 aliphatic carbocycles. The van der Waals surface area contributed by atoms with E-state index in [1.165, 1.54) is 0 Å². The Labute approximate surface area is 87.4 Å². The van der Waals surface area contributed by atoms with Crippen LogP contribution in [0.5, 0.6) is 0 Å². The molecule has 0 atom stereocenters. The largest absolute Gasteiger partial charge is 0.298 e. The highest BCUT2D eigenvalue weighted by Crippen LogP contribution is 2.15. The van der Waals surface area contributed by atoms with Gasteiger partial charge in [-0.2, -0.15) is 0 Å². The Kier molecular flexibility index (Phi) is 1.71. The van der Waals surface area contributed by atoms with Crippen molar-refractivity contribution in [1.29, 1.82) is 0 Å². The van der Waals surface area contributed by atoms with Crippen LogP contribution in [0, 0.1) is 0 Å². The Morgan fingerprint density at radius 1 is 1.20 bits per heavy atom. The number of rotatable bonds is 1. The fraction of sp³-hybridized carbons (Fsp3) is 0.167. The third kappa shape index (κ3) is 1.20. The van der Waals surface area contributed by atoms with Gasteiger partial charge in [0.25, 0.3) is 0 Å². The minimum Gasteiger partial charge on any atom is -0.298 e. The molecule has 0 radical (unpaired) electrons. The van der Waals surface area contributed by atoms with Crippen molar-refractivity contribution in [3.05, 3.63) is 42.4 Å². The molecule has 0 aliphatic rings. The molecule has 0 aliphatic heterocycles. The molecule has 0 saturated heterocycles. The summed E-state index contributed by atoms with van der Waals surface area (Å²) in [4.78, 5) is 8.82. The lowest BCUT2D eigenvalue weighted by Gasteiger charge is -2.02. The fourth-order valence-corrected chi connectivity index (χ4v) is 1.83. The van der Waals surface area contributed by atoms with Crippen molar-refractivity contribution >= 4 is 16.7 Å². The number of aromatic nitrogens is 3. The highest BCUT2D eigenvalue weighted by Gasteiger charge is 2.01. The molecule has 0 fully saturated rings. The maximum atomic E-state index is 4.57. The topological polar surface area (TPSA) is 30.2 Å². The predicted octanol–water partition coefficient (Wildman–Crippen LogP) is 2.44. The van der Waals surface area contributed by atoms with Crippen molar-refractivity contribution < 1.29 is 0 Å². The maximum absolute atomic E-state index is 4.57. The molecule has 0 saturated carbocycles. The smallest absolute Gasteiger partial charge is 0.137 e. The third-order valence-corrected chi connectivity index (χ3v) is 2.64. The van der Waals surface area contributed by atoms with Gasteiger partial charge >= 0.3 is 0 Å². The molecule has 3 aromatic heterocycles. The third-order valence-electron chi connectivity index (χ3n) is 2.64. The number of hydrogen-bond acceptors (Lipinski definition) is 2. The quantitative estimate of drug-likeness (QED) is 0.599. The Bertz CT molecular complexity index is 625. The van der Waals surface area contributed by atoms with E-state index in [1.54, 1.807) is 0 Å². The van der Waals surface area contributed by atoms with Gasteiger partial charge in [0.05, 0.1) is 11.0 Å². The number of pyridine rings is 2. The fourth-order valence-electron chi connectivity index (χ4n) is 1.83. The van der Waals surface area contributed by atoms with Gasteiger partial charge in [-0.3, -0.25) is 9.38 Å². The lowest BCUT2D eigenvalue weighted by Crippen LogP contribution is -1.92. The monoisotopic (exact) mass is 197 g/mol. The van der Waals surface area contributed by atoms with Crippen LogP contribution in [-0.4, -0.2) is 14.4 Å². The van der Waals surface area contributed by atoms with Crippen LogP contribution >= 0.6 is 0 Å². The predicted molar refractivity (Wildman–Crippen MR) is 59.9 cm³/mol. The van der Waals surface area contributed by atoms with Crippen LogP contribution < -0.4 is 0 Å². The molecule has 3 heteroatoms. The van der Waals surface area contributed by atoms with Crippen LogP contribution in [0.1, 0.15) is 12.6 Å². The molecular formula is C12H11N3. The average Bonchev–Trinajstić information content (AvgIpc) is 2.76. The van der Waals surface area contributed by atoms with Gasteiger partial charge in [-0.1, -0.05) is 6.92 Å². The lowest BCUT2D eigenvalue weighted by atomic mass is 10.2. The van der Waals surface area contributed by atoms with Gasteiger partial charge in [0.15, 0.2) is 0 Å². The van der Waals surface area contributed by atoms with E-state index in [9.17, 15) is 0 Å². The second-order valence-electron chi connectivity index (χ2n) is 3.55. The second-order valence-corrected chi connectivity index (χ2v) is 3.55. The van der Waals surface area contributed by atoms with Crippen LogP contribution in [0.25, 0.3) is 16.7 Å². The van der Waals surface area contributed by atoms with Crippen LogP contribution in [0.15, 0.2) is 36.7 Å². The molecule has 15 heavy (non-hydrogen) atoms. The molecule has 74 valence electrons. The Morgan fingerprint density at radius 2 is 2.13 bits per heavy atom. The van der Waals surface area contributed by atoms with Crippen LogP contribution in [-0.2, 0) is 6.42 Å². The SMILES string of the molecule is CCc1ccc2c(ccc3nccn32)n1. The van der Waals surface area contributed by atoms with Gasteiger partial charge in [-0.15, -0.1) is 0 Å². The molecule has 0 spiro atoms. The molecule has 3 heterocycles. The highest BCUT2D eigenvalue weighted by atomic mass is 15.0. The highest BCUT2D eigenvalue weighted by molar-refractivity contribution is 5.78. The van der Waals surface area contributed by atoms with Crippen molar-refractivity contribution in [3.63, 3.8) is 0 Å². The van der Waals surface area contributed by atoms with E-state index in [2.05, 4.69) is 33.4 Å². The summed E-state index contributed by atoms with van der Waals surface area (Å²) in [5, 5.41) is 0. The number of imidazole rings is 1. The van der Waals surface area contributed by atoms with E-state index < -0.39 is 0 Å². The molecule has 0 amide bonds. The van der Waals surface area contributed by atoms with Crippen LogP contribution in [0.4, 0.5) is 0 Å². The van der Waals surface area contributed by atoms with E-state index in [0.717, 1.165) is 28.8 Å². The molecule has 0 N–H and O–H groups in total. The molecule has 3 rings (SSSR count). The van der Waals surface area contributed by atoms with Crippen molar-refractivity contribution in [2.45, 2.75) is 13.3 Å². The normalized spacial score (nSPS) is 11.3. The van der Waals surface area contributed by atoms with Crippen molar-refractivity contribution in [3.8, 4) is 0 Å². The summed E-state index contributed by atoms with van der Waals surface area (Å²) in [6.45, 7) is 2.11. The first-order chi connectivity index (χ1) is 7.38. The van der Waals surface area contributed by atoms with Gasteiger partial charge < -0.3 is 0 Å². The molecule has 0 bridgehead atoms. The van der Waals surface area contributed by atoms with Crippen LogP contribution in [0.3, 0.4) is 0 Å². The van der Waals surface area contributed by atoms with Gasteiger partial charge in [0, 0.05) is 18.1 Å². The van der Waals surface area contributed by atoms with E-state index in [4.69, 9.17) is 0 Å². The Hall–Kier alpha value is -1.90. The first kappa shape index (κ1) is 8.41. The summed E-state index contributed by atoms with van der Waals surface area (Å²) >= 11 is 0. The lowest BCUT2D eigenvalue weighted by molar-refractivity contribution is 1.05. The van der Waals surface area contributed by atoms with Gasteiger partial charge in [-0.25, -0.2) is 4.98 Å². The second kappa shape index (κ2) is 3.05. The van der Waals surface area contributed by atoms with Gasteiger partial charge in [0.1, 0.15) is 5.65 Å². The summed E-state index contributed by atoms with van der Waals surface area (Å²) in [5.41, 5.74) is 4.23. The van der Waals surface area contributed by atoms with Crippen molar-refractivity contribution in [2.24, 2.45) is 0 Å². The summed E-state index contributed by atoms with van der Waals surface area (Å²) in [6.07, 6.45) is 4.74. The van der Waals surface area contributed by atoms with E-state index in [-0.39, 0.29) is 0 Å². The minimum absolute atomic E-state index is 0.966. The number of hydrogen-bond donors (Lipinski definition) is 0. The standard InChI is InChI=1S/C12H11N3/c1-2-9-3-5-11-10(14-9)4-6-12-13-7-8-15(11)12/h3-8H,2H2,1H3. The number of nitrogens with zero attached hydrogens (tertiary/aromatic N) is 3. The summed E-state index contributed by atoms with van der Waals surface area (Å²) < 4.78 is 2.06. The number of aryl methyl sites for hydroxylation is 1. The molecule has 3 nitrogen and oxygen atoms in total. The summed E-state index contributed by atoms with van der Waals surface area (Å²) in [7, 11) is 0. The molecule has 3 aromatic rings. The first-order valence-corrected chi connectivity index (χ1v) is 5.10. The average molecular weight is 197 g/mol. The van der Waals surface area contributed by atoms with E-state index in [0.29, 0.717) is 0 Å². The molecule has 0 aromatic carbocycles. The van der Waals surface area contributed by atoms with Gasteiger partial charge in [-0.05, 0) is 30.7 Å². The zero-order valence-electron chi connectivity index (χ0n) is 8.51.